The second-order valence-corrected chi connectivity index (χ2v) is 6.27. The van der Waals surface area contributed by atoms with Crippen molar-refractivity contribution in [2.24, 2.45) is 0 Å². The molecule has 0 bridgehead atoms. The van der Waals surface area contributed by atoms with Gasteiger partial charge in [-0.05, 0) is 17.7 Å². The predicted molar refractivity (Wildman–Crippen MR) is 98.1 cm³/mol. The van der Waals surface area contributed by atoms with Gasteiger partial charge >= 0.3 is 0 Å². The summed E-state index contributed by atoms with van der Waals surface area (Å²) in [4.78, 5) is 0. The maximum atomic E-state index is 10.8. The largest absolute Gasteiger partial charge is 0.459 e. The fraction of sp³-hybridized carbons (Fsp3) is 0.400. The highest BCUT2D eigenvalue weighted by Crippen LogP contribution is 2.29. The van der Waals surface area contributed by atoms with Crippen molar-refractivity contribution < 1.29 is 35.0 Å². The highest BCUT2D eigenvalue weighted by molar-refractivity contribution is 5.24. The maximum absolute atomic E-state index is 10.8. The lowest BCUT2D eigenvalue weighted by atomic mass is 9.92. The van der Waals surface area contributed by atoms with E-state index in [0.717, 1.165) is 5.56 Å². The smallest absolute Gasteiger partial charge is 0.243 e. The standard InChI is InChI=1S/C20H26O7/c1-26-20(12-14-8-4-2-5-9-14,27-15-10-6-3-7-11-15)19(25)18(24)17(23)16(22)13-21/h2-11,16-19,21-25H,12-13H2,1H3. The van der Waals surface area contributed by atoms with Crippen molar-refractivity contribution in [3.8, 4) is 5.75 Å². The van der Waals surface area contributed by atoms with Gasteiger partial charge < -0.3 is 35.0 Å². The van der Waals surface area contributed by atoms with Crippen LogP contribution in [0.25, 0.3) is 0 Å². The number of hydrogen-bond acceptors (Lipinski definition) is 7. The quantitative estimate of drug-likeness (QED) is 0.372. The van der Waals surface area contributed by atoms with Crippen molar-refractivity contribution in [2.75, 3.05) is 13.7 Å². The van der Waals surface area contributed by atoms with Crippen LogP contribution in [0.1, 0.15) is 5.56 Å². The Morgan fingerprint density at radius 2 is 1.41 bits per heavy atom. The molecule has 148 valence electrons. The summed E-state index contributed by atoms with van der Waals surface area (Å²) >= 11 is 0. The number of rotatable bonds is 10. The van der Waals surface area contributed by atoms with Crippen molar-refractivity contribution in [1.82, 2.24) is 0 Å². The number of ether oxygens (including phenoxy) is 2. The molecule has 0 saturated heterocycles. The molecule has 0 heterocycles. The molecule has 7 heteroatoms. The Morgan fingerprint density at radius 1 is 0.852 bits per heavy atom. The topological polar surface area (TPSA) is 120 Å². The lowest BCUT2D eigenvalue weighted by molar-refractivity contribution is -0.259. The second kappa shape index (κ2) is 9.80. The van der Waals surface area contributed by atoms with Crippen molar-refractivity contribution in [1.29, 1.82) is 0 Å². The van der Waals surface area contributed by atoms with E-state index in [1.165, 1.54) is 7.11 Å². The zero-order chi connectivity index (χ0) is 19.9. The second-order valence-electron chi connectivity index (χ2n) is 6.27. The minimum Gasteiger partial charge on any atom is -0.459 e. The first-order valence-corrected chi connectivity index (χ1v) is 8.60. The normalized spacial score (nSPS) is 18.1. The lowest BCUT2D eigenvalue weighted by Crippen LogP contribution is -2.60. The summed E-state index contributed by atoms with van der Waals surface area (Å²) < 4.78 is 11.4. The Bertz CT molecular complexity index is 623. The van der Waals surface area contributed by atoms with Crippen LogP contribution in [0.3, 0.4) is 0 Å². The minimum absolute atomic E-state index is 0.0550. The van der Waals surface area contributed by atoms with Crippen molar-refractivity contribution in [3.63, 3.8) is 0 Å². The molecule has 2 aromatic rings. The molecule has 5 N–H and O–H groups in total. The molecular formula is C20H26O7. The van der Waals surface area contributed by atoms with E-state index in [9.17, 15) is 20.4 Å². The van der Waals surface area contributed by atoms with E-state index in [1.54, 1.807) is 42.5 Å². The Hall–Kier alpha value is -2.00. The summed E-state index contributed by atoms with van der Waals surface area (Å²) in [6.07, 6.45) is -6.94. The molecule has 5 unspecified atom stereocenters. The SMILES string of the molecule is COC(Cc1ccccc1)(Oc1ccccc1)C(O)C(O)C(O)C(O)CO. The maximum Gasteiger partial charge on any atom is 0.243 e. The van der Waals surface area contributed by atoms with E-state index >= 15 is 0 Å². The number of para-hydroxylation sites is 1. The number of methoxy groups -OCH3 is 1. The number of aliphatic hydroxyl groups excluding tert-OH is 5. The summed E-state index contributed by atoms with van der Waals surface area (Å²) in [5.41, 5.74) is 0.763. The van der Waals surface area contributed by atoms with Crippen LogP contribution in [0.5, 0.6) is 5.75 Å². The molecular weight excluding hydrogens is 352 g/mol. The number of hydrogen-bond donors (Lipinski definition) is 5. The highest BCUT2D eigenvalue weighted by Gasteiger charge is 2.48. The molecule has 0 aromatic heterocycles. The number of aliphatic hydroxyl groups is 5. The van der Waals surface area contributed by atoms with E-state index < -0.39 is 36.8 Å². The molecule has 0 fully saturated rings. The van der Waals surface area contributed by atoms with Gasteiger partial charge in [-0.3, -0.25) is 0 Å². The molecule has 2 aromatic carbocycles. The first-order valence-electron chi connectivity index (χ1n) is 8.60. The lowest BCUT2D eigenvalue weighted by Gasteiger charge is -2.40. The summed E-state index contributed by atoms with van der Waals surface area (Å²) in [5, 5.41) is 49.8. The average molecular weight is 378 g/mol. The molecule has 0 aliphatic heterocycles. The van der Waals surface area contributed by atoms with E-state index in [1.807, 2.05) is 18.2 Å². The average Bonchev–Trinajstić information content (AvgIpc) is 2.72. The van der Waals surface area contributed by atoms with E-state index in [-0.39, 0.29) is 6.42 Å². The molecule has 0 aliphatic carbocycles. The summed E-state index contributed by atoms with van der Waals surface area (Å²) in [5.74, 6) is -1.36. The van der Waals surface area contributed by atoms with Crippen molar-refractivity contribution in [2.45, 2.75) is 36.6 Å². The van der Waals surface area contributed by atoms with Gasteiger partial charge in [0.25, 0.3) is 0 Å². The first-order chi connectivity index (χ1) is 12.9. The van der Waals surface area contributed by atoms with Crippen LogP contribution in [-0.4, -0.2) is 69.5 Å². The van der Waals surface area contributed by atoms with Gasteiger partial charge in [-0.25, -0.2) is 0 Å². The Balaban J connectivity index is 2.37. The van der Waals surface area contributed by atoms with Crippen LogP contribution in [0.2, 0.25) is 0 Å². The monoisotopic (exact) mass is 378 g/mol. The molecule has 27 heavy (non-hydrogen) atoms. The van der Waals surface area contributed by atoms with Gasteiger partial charge in [0.2, 0.25) is 5.79 Å². The highest BCUT2D eigenvalue weighted by atomic mass is 16.7. The predicted octanol–water partition coefficient (Wildman–Crippen LogP) is 0.0867. The van der Waals surface area contributed by atoms with E-state index in [4.69, 9.17) is 14.6 Å². The third-order valence-corrected chi connectivity index (χ3v) is 4.38. The van der Waals surface area contributed by atoms with Crippen molar-refractivity contribution >= 4 is 0 Å². The number of benzene rings is 2. The van der Waals surface area contributed by atoms with Gasteiger partial charge in [0.1, 0.15) is 30.2 Å². The molecule has 5 atom stereocenters. The van der Waals surface area contributed by atoms with Gasteiger partial charge in [-0.15, -0.1) is 0 Å². The molecule has 0 spiro atoms. The zero-order valence-electron chi connectivity index (χ0n) is 15.0. The minimum atomic E-state index is -1.83. The van der Waals surface area contributed by atoms with Gasteiger partial charge in [-0.1, -0.05) is 48.5 Å². The van der Waals surface area contributed by atoms with Gasteiger partial charge in [0.15, 0.2) is 0 Å². The molecule has 0 saturated carbocycles. The van der Waals surface area contributed by atoms with E-state index in [2.05, 4.69) is 0 Å². The Labute approximate surface area is 158 Å². The summed E-state index contributed by atoms with van der Waals surface area (Å²) in [7, 11) is 1.32. The van der Waals surface area contributed by atoms with Gasteiger partial charge in [0.05, 0.1) is 6.61 Å². The van der Waals surface area contributed by atoms with Crippen LogP contribution >= 0.6 is 0 Å². The fourth-order valence-electron chi connectivity index (χ4n) is 2.79. The van der Waals surface area contributed by atoms with Crippen LogP contribution in [0, 0.1) is 0 Å². The fourth-order valence-corrected chi connectivity index (χ4v) is 2.79. The molecule has 0 radical (unpaired) electrons. The third kappa shape index (κ3) is 5.26. The Morgan fingerprint density at radius 3 is 1.93 bits per heavy atom. The summed E-state index contributed by atoms with van der Waals surface area (Å²) in [6, 6.07) is 17.7. The first kappa shape index (κ1) is 21.3. The van der Waals surface area contributed by atoms with Crippen LogP contribution < -0.4 is 4.74 Å². The molecule has 2 rings (SSSR count). The third-order valence-electron chi connectivity index (χ3n) is 4.38. The van der Waals surface area contributed by atoms with Crippen LogP contribution in [-0.2, 0) is 11.2 Å². The van der Waals surface area contributed by atoms with Crippen LogP contribution in [0.4, 0.5) is 0 Å². The zero-order valence-corrected chi connectivity index (χ0v) is 15.0. The summed E-state index contributed by atoms with van der Waals surface area (Å²) in [6.45, 7) is -0.775. The molecule has 7 nitrogen and oxygen atoms in total. The van der Waals surface area contributed by atoms with Crippen molar-refractivity contribution in [3.05, 3.63) is 66.2 Å². The molecule has 0 aliphatic rings. The van der Waals surface area contributed by atoms with Gasteiger partial charge in [0, 0.05) is 13.5 Å². The Kier molecular flexibility index (Phi) is 7.73. The van der Waals surface area contributed by atoms with Crippen LogP contribution in [0.15, 0.2) is 60.7 Å². The molecule has 0 amide bonds. The van der Waals surface area contributed by atoms with Gasteiger partial charge in [-0.2, -0.15) is 0 Å². The van der Waals surface area contributed by atoms with E-state index in [0.29, 0.717) is 5.75 Å².